The molecule has 0 radical (unpaired) electrons. The molecule has 0 saturated carbocycles. The van der Waals surface area contributed by atoms with E-state index < -0.39 is 23.1 Å². The van der Waals surface area contributed by atoms with E-state index in [0.717, 1.165) is 0 Å². The van der Waals surface area contributed by atoms with Gasteiger partial charge in [0.1, 0.15) is 17.5 Å². The predicted molar refractivity (Wildman–Crippen MR) is 72.5 cm³/mol. The fraction of sp³-hybridized carbons (Fsp3) is 0.533. The number of allylic oxidation sites excluding steroid dienone is 3. The Morgan fingerprint density at radius 1 is 1.45 bits per heavy atom. The molecule has 5 nitrogen and oxygen atoms in total. The minimum absolute atomic E-state index is 0.192. The molecule has 0 aromatic heterocycles. The number of rotatable bonds is 5. The van der Waals surface area contributed by atoms with E-state index in [1.165, 1.54) is 20.3 Å². The first-order chi connectivity index (χ1) is 9.33. The average Bonchev–Trinajstić information content (AvgIpc) is 2.47. The van der Waals surface area contributed by atoms with Gasteiger partial charge in [-0.05, 0) is 32.8 Å². The Morgan fingerprint density at radius 3 is 2.50 bits per heavy atom. The molecule has 1 aliphatic rings. The molecule has 0 spiro atoms. The number of carbonyl (C=O) groups is 3. The zero-order chi connectivity index (χ0) is 15.5. The van der Waals surface area contributed by atoms with E-state index in [9.17, 15) is 14.4 Å². The van der Waals surface area contributed by atoms with Gasteiger partial charge in [-0.1, -0.05) is 6.92 Å². The van der Waals surface area contributed by atoms with Crippen molar-refractivity contribution in [2.45, 2.75) is 34.1 Å². The SMILES string of the molecule is CC[C@](C)(C(=O)OC)C(=O)C1=COC(C)=C(C)C1C=O. The zero-order valence-electron chi connectivity index (χ0n) is 12.5. The van der Waals surface area contributed by atoms with Crippen molar-refractivity contribution in [1.29, 1.82) is 0 Å². The van der Waals surface area contributed by atoms with Crippen LogP contribution in [0.25, 0.3) is 0 Å². The topological polar surface area (TPSA) is 69.7 Å². The lowest BCUT2D eigenvalue weighted by atomic mass is 9.75. The molecule has 0 saturated heterocycles. The molecule has 1 heterocycles. The first-order valence-electron chi connectivity index (χ1n) is 6.46. The van der Waals surface area contributed by atoms with Crippen LogP contribution >= 0.6 is 0 Å². The van der Waals surface area contributed by atoms with Crippen LogP contribution in [0.4, 0.5) is 0 Å². The highest BCUT2D eigenvalue weighted by Crippen LogP contribution is 2.35. The van der Waals surface area contributed by atoms with Gasteiger partial charge in [-0.15, -0.1) is 0 Å². The first-order valence-corrected chi connectivity index (χ1v) is 6.46. The summed E-state index contributed by atoms with van der Waals surface area (Å²) in [5, 5.41) is 0. The van der Waals surface area contributed by atoms with Crippen molar-refractivity contribution in [1.82, 2.24) is 0 Å². The second kappa shape index (κ2) is 6.03. The lowest BCUT2D eigenvalue weighted by molar-refractivity contribution is -0.156. The average molecular weight is 280 g/mol. The number of ketones is 1. The van der Waals surface area contributed by atoms with E-state index in [2.05, 4.69) is 0 Å². The fourth-order valence-corrected chi connectivity index (χ4v) is 2.08. The van der Waals surface area contributed by atoms with Gasteiger partial charge in [0.15, 0.2) is 5.78 Å². The maximum atomic E-state index is 12.6. The minimum Gasteiger partial charge on any atom is -0.469 e. The van der Waals surface area contributed by atoms with E-state index in [4.69, 9.17) is 9.47 Å². The van der Waals surface area contributed by atoms with Crippen molar-refractivity contribution in [3.8, 4) is 0 Å². The molecule has 0 aliphatic carbocycles. The quantitative estimate of drug-likeness (QED) is 0.438. The number of ether oxygens (including phenoxy) is 2. The molecule has 0 bridgehead atoms. The van der Waals surface area contributed by atoms with Gasteiger partial charge in [0.2, 0.25) is 0 Å². The van der Waals surface area contributed by atoms with E-state index in [1.807, 2.05) is 0 Å². The van der Waals surface area contributed by atoms with E-state index in [0.29, 0.717) is 17.6 Å². The fourth-order valence-electron chi connectivity index (χ4n) is 2.08. The van der Waals surface area contributed by atoms with Crippen LogP contribution in [0.2, 0.25) is 0 Å². The lowest BCUT2D eigenvalue weighted by Crippen LogP contribution is -2.40. The van der Waals surface area contributed by atoms with Gasteiger partial charge in [-0.3, -0.25) is 9.59 Å². The van der Waals surface area contributed by atoms with Crippen LogP contribution in [0.5, 0.6) is 0 Å². The van der Waals surface area contributed by atoms with Crippen molar-refractivity contribution in [2.24, 2.45) is 11.3 Å². The van der Waals surface area contributed by atoms with Crippen LogP contribution in [-0.4, -0.2) is 25.1 Å². The summed E-state index contributed by atoms with van der Waals surface area (Å²) < 4.78 is 10.0. The zero-order valence-corrected chi connectivity index (χ0v) is 12.5. The molecule has 1 aliphatic heterocycles. The third-order valence-electron chi connectivity index (χ3n) is 3.96. The monoisotopic (exact) mass is 280 g/mol. The number of aldehydes is 1. The molecule has 2 atom stereocenters. The van der Waals surface area contributed by atoms with Crippen molar-refractivity contribution in [3.63, 3.8) is 0 Å². The van der Waals surface area contributed by atoms with Crippen molar-refractivity contribution >= 4 is 18.0 Å². The molecule has 0 amide bonds. The molecule has 0 fully saturated rings. The van der Waals surface area contributed by atoms with Crippen LogP contribution in [0.1, 0.15) is 34.1 Å². The third-order valence-corrected chi connectivity index (χ3v) is 3.96. The van der Waals surface area contributed by atoms with Gasteiger partial charge >= 0.3 is 5.97 Å². The van der Waals surface area contributed by atoms with Crippen molar-refractivity contribution in [2.75, 3.05) is 7.11 Å². The Kier molecular flexibility index (Phi) is 4.87. The highest BCUT2D eigenvalue weighted by atomic mass is 16.5. The van der Waals surface area contributed by atoms with Gasteiger partial charge in [0, 0.05) is 5.57 Å². The van der Waals surface area contributed by atoms with E-state index in [1.54, 1.807) is 20.8 Å². The summed E-state index contributed by atoms with van der Waals surface area (Å²) in [6.45, 7) is 6.70. The van der Waals surface area contributed by atoms with Gasteiger partial charge in [0.25, 0.3) is 0 Å². The van der Waals surface area contributed by atoms with Gasteiger partial charge in [-0.2, -0.15) is 0 Å². The Hall–Kier alpha value is -1.91. The normalized spacial score (nSPS) is 21.4. The second-order valence-corrected chi connectivity index (χ2v) is 5.05. The number of hydrogen-bond acceptors (Lipinski definition) is 5. The molecule has 0 aromatic rings. The largest absolute Gasteiger partial charge is 0.469 e. The van der Waals surface area contributed by atoms with Crippen molar-refractivity contribution in [3.05, 3.63) is 23.2 Å². The van der Waals surface area contributed by atoms with E-state index in [-0.39, 0.29) is 12.0 Å². The molecule has 0 N–H and O–H groups in total. The second-order valence-electron chi connectivity index (χ2n) is 5.05. The highest BCUT2D eigenvalue weighted by Gasteiger charge is 2.44. The van der Waals surface area contributed by atoms with Crippen LogP contribution in [0, 0.1) is 11.3 Å². The summed E-state index contributed by atoms with van der Waals surface area (Å²) in [5.41, 5.74) is -0.441. The maximum Gasteiger partial charge on any atom is 0.319 e. The Labute approximate surface area is 118 Å². The molecule has 1 rings (SSSR count). The van der Waals surface area contributed by atoms with Gasteiger partial charge in [0.05, 0.1) is 19.3 Å². The Bertz CT molecular complexity index is 500. The lowest BCUT2D eigenvalue weighted by Gasteiger charge is -2.29. The highest BCUT2D eigenvalue weighted by molar-refractivity contribution is 6.13. The molecule has 110 valence electrons. The number of hydrogen-bond donors (Lipinski definition) is 0. The molecule has 5 heteroatoms. The number of esters is 1. The van der Waals surface area contributed by atoms with Crippen LogP contribution in [-0.2, 0) is 23.9 Å². The summed E-state index contributed by atoms with van der Waals surface area (Å²) >= 11 is 0. The minimum atomic E-state index is -1.31. The number of carbonyl (C=O) groups excluding carboxylic acids is 3. The maximum absolute atomic E-state index is 12.6. The summed E-state index contributed by atoms with van der Waals surface area (Å²) in [6.07, 6.45) is 2.24. The molecule has 0 aromatic carbocycles. The van der Waals surface area contributed by atoms with Crippen molar-refractivity contribution < 1.29 is 23.9 Å². The number of methoxy groups -OCH3 is 1. The molecular weight excluding hydrogens is 260 g/mol. The number of Topliss-reactive ketones (excluding diaryl/α,β-unsaturated/α-hetero) is 1. The summed E-state index contributed by atoms with van der Waals surface area (Å²) in [4.78, 5) is 35.8. The smallest absolute Gasteiger partial charge is 0.319 e. The molecule has 1 unspecified atom stereocenters. The van der Waals surface area contributed by atoms with Gasteiger partial charge < -0.3 is 14.3 Å². The Balaban J connectivity index is 3.20. The first kappa shape index (κ1) is 16.1. The van der Waals surface area contributed by atoms with Crippen LogP contribution in [0.3, 0.4) is 0 Å². The standard InChI is InChI=1S/C15H20O5/c1-6-15(4,14(18)19-5)13(17)12-8-20-10(3)9(2)11(12)7-16/h7-8,11H,6H2,1-5H3/t11?,15-/m0/s1. The van der Waals surface area contributed by atoms with Gasteiger partial charge in [-0.25, -0.2) is 0 Å². The van der Waals surface area contributed by atoms with Crippen LogP contribution < -0.4 is 0 Å². The summed E-state index contributed by atoms with van der Waals surface area (Å²) in [7, 11) is 1.24. The van der Waals surface area contributed by atoms with Crippen LogP contribution in [0.15, 0.2) is 23.2 Å². The molecule has 20 heavy (non-hydrogen) atoms. The van der Waals surface area contributed by atoms with E-state index >= 15 is 0 Å². The Morgan fingerprint density at radius 2 is 2.05 bits per heavy atom. The summed E-state index contributed by atoms with van der Waals surface area (Å²) in [5.74, 6) is -1.13. The summed E-state index contributed by atoms with van der Waals surface area (Å²) in [6, 6.07) is 0. The predicted octanol–water partition coefficient (Wildman–Crippen LogP) is 2.17. The third kappa shape index (κ3) is 2.53. The molecular formula is C15H20O5.